The number of nitrogens with zero attached hydrogens (tertiary/aromatic N) is 3. The molecule has 10 nitrogen and oxygen atoms in total. The minimum absolute atomic E-state index is 0.604. The number of halogens is 9. The molecule has 2 saturated heterocycles. The zero-order valence-corrected chi connectivity index (χ0v) is 22.2. The van der Waals surface area contributed by atoms with Gasteiger partial charge in [-0.2, -0.15) is 39.5 Å². The van der Waals surface area contributed by atoms with Crippen LogP contribution in [-0.4, -0.2) is 119 Å². The first-order chi connectivity index (χ1) is 19.1. The van der Waals surface area contributed by atoms with Gasteiger partial charge in [-0.25, -0.2) is 14.4 Å². The first-order valence-corrected chi connectivity index (χ1v) is 11.9. The Labute approximate surface area is 233 Å². The summed E-state index contributed by atoms with van der Waals surface area (Å²) in [7, 11) is 4.43. The van der Waals surface area contributed by atoms with Crippen LogP contribution in [0.25, 0.3) is 0 Å². The van der Waals surface area contributed by atoms with Gasteiger partial charge in [-0.1, -0.05) is 6.07 Å². The van der Waals surface area contributed by atoms with Gasteiger partial charge in [0.15, 0.2) is 0 Å². The van der Waals surface area contributed by atoms with Crippen LogP contribution in [0.15, 0.2) is 24.5 Å². The summed E-state index contributed by atoms with van der Waals surface area (Å²) in [6.07, 6.45) is -6.62. The smallest absolute Gasteiger partial charge is 0.475 e. The molecular formula is C23H30F9N3O7. The number of carboxylic acid groups (broad SMARTS) is 3. The van der Waals surface area contributed by atoms with Crippen molar-refractivity contribution in [1.82, 2.24) is 14.8 Å². The molecule has 0 unspecified atom stereocenters. The molecule has 3 rings (SSSR count). The molecule has 3 heterocycles. The van der Waals surface area contributed by atoms with E-state index in [4.69, 9.17) is 34.4 Å². The van der Waals surface area contributed by atoms with Crippen molar-refractivity contribution in [1.29, 1.82) is 0 Å². The predicted molar refractivity (Wildman–Crippen MR) is 125 cm³/mol. The highest BCUT2D eigenvalue weighted by Crippen LogP contribution is 2.30. The summed E-state index contributed by atoms with van der Waals surface area (Å²) in [6, 6.07) is 6.21. The van der Waals surface area contributed by atoms with Gasteiger partial charge in [-0.05, 0) is 51.4 Å². The Morgan fingerprint density at radius 2 is 1.31 bits per heavy atom. The summed E-state index contributed by atoms with van der Waals surface area (Å²) in [5.74, 6) is -8.27. The predicted octanol–water partition coefficient (Wildman–Crippen LogP) is 3.71. The van der Waals surface area contributed by atoms with Gasteiger partial charge in [-0.3, -0.25) is 9.88 Å². The van der Waals surface area contributed by atoms with Crippen molar-refractivity contribution >= 4 is 17.9 Å². The number of hydrogen-bond donors (Lipinski definition) is 3. The van der Waals surface area contributed by atoms with Crippen molar-refractivity contribution < 1.29 is 74.0 Å². The van der Waals surface area contributed by atoms with Crippen LogP contribution < -0.4 is 0 Å². The number of aromatic nitrogens is 1. The Morgan fingerprint density at radius 1 is 0.881 bits per heavy atom. The fraction of sp³-hybridized carbons (Fsp3) is 0.652. The van der Waals surface area contributed by atoms with Crippen LogP contribution in [0.2, 0.25) is 0 Å². The number of rotatable bonds is 4. The van der Waals surface area contributed by atoms with Gasteiger partial charge in [0.2, 0.25) is 0 Å². The third-order valence-corrected chi connectivity index (χ3v) is 5.77. The largest absolute Gasteiger partial charge is 0.490 e. The lowest BCUT2D eigenvalue weighted by molar-refractivity contribution is -0.193. The molecule has 2 aliphatic heterocycles. The third kappa shape index (κ3) is 15.2. The maximum atomic E-state index is 10.6. The Balaban J connectivity index is 0.000000660. The Hall–Kier alpha value is -3.19. The molecule has 0 saturated carbocycles. The van der Waals surface area contributed by atoms with Gasteiger partial charge in [0.1, 0.15) is 0 Å². The molecule has 2 fully saturated rings. The number of carbonyl (C=O) groups is 3. The number of likely N-dealkylation sites (tertiary alicyclic amines) is 1. The molecule has 0 aromatic carbocycles. The number of ether oxygens (including phenoxy) is 1. The van der Waals surface area contributed by atoms with Gasteiger partial charge >= 0.3 is 36.4 Å². The molecule has 19 heteroatoms. The molecule has 1 aromatic heterocycles. The van der Waals surface area contributed by atoms with Crippen molar-refractivity contribution in [3.63, 3.8) is 0 Å². The standard InChI is InChI=1S/C17H27N3O.3C2HF3O2/c1-19(2)16-5-9-20(15-6-10-21-11-7-15)17(16)12-14-4-3-8-18-13-14;3*3-2(4,5)1(6)7/h3-4,8,13,15-17H,5-7,9-12H2,1-2H3;3*(H,6,7)/t16-,17+;;;/m1.../s1. The fourth-order valence-electron chi connectivity index (χ4n) is 3.95. The van der Waals surface area contributed by atoms with Crippen LogP contribution in [0.4, 0.5) is 39.5 Å². The second kappa shape index (κ2) is 17.1. The van der Waals surface area contributed by atoms with Gasteiger partial charge in [-0.15, -0.1) is 0 Å². The third-order valence-electron chi connectivity index (χ3n) is 5.77. The van der Waals surface area contributed by atoms with E-state index in [1.54, 1.807) is 0 Å². The second-order valence-electron chi connectivity index (χ2n) is 8.94. The number of carboxylic acids is 3. The topological polar surface area (TPSA) is 140 Å². The van der Waals surface area contributed by atoms with Crippen molar-refractivity contribution in [3.05, 3.63) is 30.1 Å². The van der Waals surface area contributed by atoms with E-state index in [2.05, 4.69) is 34.9 Å². The molecule has 3 N–H and O–H groups in total. The minimum atomic E-state index is -5.08. The van der Waals surface area contributed by atoms with Crippen LogP contribution in [-0.2, 0) is 25.5 Å². The lowest BCUT2D eigenvalue weighted by atomic mass is 9.98. The van der Waals surface area contributed by atoms with Gasteiger partial charge in [0.25, 0.3) is 0 Å². The van der Waals surface area contributed by atoms with Crippen molar-refractivity contribution in [2.24, 2.45) is 0 Å². The Kier molecular flexibility index (Phi) is 15.8. The minimum Gasteiger partial charge on any atom is -0.475 e. The average molecular weight is 631 g/mol. The van der Waals surface area contributed by atoms with Crippen LogP contribution in [0.1, 0.15) is 24.8 Å². The van der Waals surface area contributed by atoms with E-state index in [0.29, 0.717) is 18.1 Å². The summed E-state index contributed by atoms with van der Waals surface area (Å²) >= 11 is 0. The van der Waals surface area contributed by atoms with Crippen molar-refractivity contribution in [3.8, 4) is 0 Å². The Morgan fingerprint density at radius 3 is 1.64 bits per heavy atom. The van der Waals surface area contributed by atoms with E-state index >= 15 is 0 Å². The van der Waals surface area contributed by atoms with Crippen LogP contribution >= 0.6 is 0 Å². The van der Waals surface area contributed by atoms with Gasteiger partial charge in [0.05, 0.1) is 0 Å². The van der Waals surface area contributed by atoms with E-state index in [1.807, 2.05) is 18.5 Å². The highest BCUT2D eigenvalue weighted by molar-refractivity contribution is 5.73. The first-order valence-electron chi connectivity index (χ1n) is 11.9. The quantitative estimate of drug-likeness (QED) is 0.422. The number of hydrogen-bond acceptors (Lipinski definition) is 7. The van der Waals surface area contributed by atoms with Crippen LogP contribution in [0.3, 0.4) is 0 Å². The van der Waals surface area contributed by atoms with E-state index in [0.717, 1.165) is 19.6 Å². The molecule has 42 heavy (non-hydrogen) atoms. The highest BCUT2D eigenvalue weighted by Gasteiger charge is 2.40. The first kappa shape index (κ1) is 38.8. The molecule has 1 aromatic rings. The zero-order valence-electron chi connectivity index (χ0n) is 22.2. The normalized spacial score (nSPS) is 19.8. The summed E-state index contributed by atoms with van der Waals surface area (Å²) in [5.41, 5.74) is 1.35. The van der Waals surface area contributed by atoms with Gasteiger partial charge < -0.3 is 25.0 Å². The lowest BCUT2D eigenvalue weighted by Gasteiger charge is -2.38. The summed E-state index contributed by atoms with van der Waals surface area (Å²) < 4.78 is 101. The van der Waals surface area contributed by atoms with E-state index in [1.165, 1.54) is 31.4 Å². The fourth-order valence-corrected chi connectivity index (χ4v) is 3.95. The maximum absolute atomic E-state index is 10.6. The molecule has 242 valence electrons. The number of aliphatic carboxylic acids is 3. The number of alkyl halides is 9. The molecule has 0 spiro atoms. The van der Waals surface area contributed by atoms with Crippen LogP contribution in [0, 0.1) is 0 Å². The average Bonchev–Trinajstić information content (AvgIpc) is 3.28. The Bertz CT molecular complexity index is 912. The molecular weight excluding hydrogens is 601 g/mol. The second-order valence-corrected chi connectivity index (χ2v) is 8.94. The van der Waals surface area contributed by atoms with Gasteiger partial charge in [0, 0.05) is 50.3 Å². The van der Waals surface area contributed by atoms with Crippen molar-refractivity contribution in [2.45, 2.75) is 62.3 Å². The van der Waals surface area contributed by atoms with E-state index < -0.39 is 36.4 Å². The maximum Gasteiger partial charge on any atom is 0.490 e. The molecule has 0 aliphatic carbocycles. The highest BCUT2D eigenvalue weighted by atomic mass is 19.4. The molecule has 0 radical (unpaired) electrons. The number of pyridine rings is 1. The summed E-state index contributed by atoms with van der Waals surface area (Å²) in [6.45, 7) is 3.07. The lowest BCUT2D eigenvalue weighted by Crippen LogP contribution is -2.48. The monoisotopic (exact) mass is 631 g/mol. The molecule has 2 aliphatic rings. The van der Waals surface area contributed by atoms with Crippen LogP contribution in [0.5, 0.6) is 0 Å². The molecule has 0 bridgehead atoms. The summed E-state index contributed by atoms with van der Waals surface area (Å²) in [5, 5.41) is 21.4. The summed E-state index contributed by atoms with van der Waals surface area (Å²) in [4.78, 5) is 36.1. The van der Waals surface area contributed by atoms with E-state index in [-0.39, 0.29) is 0 Å². The van der Waals surface area contributed by atoms with E-state index in [9.17, 15) is 39.5 Å². The number of likely N-dealkylation sites (N-methyl/N-ethyl adjacent to an activating group) is 1. The SMILES string of the molecule is CN(C)[C@@H]1CCN(C2CCOCC2)[C@H]1Cc1cccnc1.O=C(O)C(F)(F)F.O=C(O)C(F)(F)F.O=C(O)C(F)(F)F. The zero-order chi connectivity index (χ0) is 32.9. The molecule has 2 atom stereocenters. The molecule has 0 amide bonds. The van der Waals surface area contributed by atoms with Crippen molar-refractivity contribution in [2.75, 3.05) is 33.9 Å².